The summed E-state index contributed by atoms with van der Waals surface area (Å²) in [5, 5.41) is 0.721. The van der Waals surface area contributed by atoms with Gasteiger partial charge >= 0.3 is 0 Å². The number of nitrogens with two attached hydrogens (primary N) is 1. The summed E-state index contributed by atoms with van der Waals surface area (Å²) in [5.41, 5.74) is 6.92. The lowest BCUT2D eigenvalue weighted by Gasteiger charge is -2.32. The van der Waals surface area contributed by atoms with Crippen molar-refractivity contribution in [3.63, 3.8) is 0 Å². The van der Waals surface area contributed by atoms with Crippen molar-refractivity contribution in [2.75, 3.05) is 13.6 Å². The Hall–Kier alpha value is -1.06. The monoisotopic (exact) mass is 294 g/mol. The molecule has 0 radical (unpaired) electrons. The van der Waals surface area contributed by atoms with Crippen LogP contribution in [0.5, 0.6) is 0 Å². The molecule has 1 fully saturated rings. The van der Waals surface area contributed by atoms with Gasteiger partial charge in [0.25, 0.3) is 0 Å². The maximum absolute atomic E-state index is 12.6. The van der Waals surface area contributed by atoms with Crippen LogP contribution in [0.3, 0.4) is 0 Å². The fourth-order valence-corrected chi connectivity index (χ4v) is 3.17. The van der Waals surface area contributed by atoms with Crippen LogP contribution in [0.25, 0.3) is 0 Å². The largest absolute Gasteiger partial charge is 0.341 e. The van der Waals surface area contributed by atoms with Crippen molar-refractivity contribution < 1.29 is 4.79 Å². The second kappa shape index (κ2) is 7.09. The number of amides is 1. The first-order chi connectivity index (χ1) is 9.61. The summed E-state index contributed by atoms with van der Waals surface area (Å²) in [6.45, 7) is 1.25. The molecular formula is C16H23ClN2O. The molecule has 1 aliphatic rings. The molecule has 1 aliphatic carbocycles. The molecule has 4 heteroatoms. The first-order valence-electron chi connectivity index (χ1n) is 7.31. The third-order valence-electron chi connectivity index (χ3n) is 4.24. The molecule has 0 aromatic heterocycles. The predicted octanol–water partition coefficient (Wildman–Crippen LogP) is 3.06. The lowest BCUT2D eigenvalue weighted by molar-refractivity contribution is -0.137. The molecule has 1 amide bonds. The van der Waals surface area contributed by atoms with E-state index in [0.717, 1.165) is 29.8 Å². The van der Waals surface area contributed by atoms with Crippen LogP contribution >= 0.6 is 11.6 Å². The van der Waals surface area contributed by atoms with Gasteiger partial charge in [0.15, 0.2) is 0 Å². The minimum absolute atomic E-state index is 0.103. The van der Waals surface area contributed by atoms with Gasteiger partial charge in [-0.3, -0.25) is 4.79 Å². The van der Waals surface area contributed by atoms with E-state index >= 15 is 0 Å². The Morgan fingerprint density at radius 3 is 2.60 bits per heavy atom. The summed E-state index contributed by atoms with van der Waals surface area (Å²) in [6, 6.07) is 7.65. The first kappa shape index (κ1) is 15.3. The van der Waals surface area contributed by atoms with E-state index in [1.54, 1.807) is 0 Å². The van der Waals surface area contributed by atoms with Crippen LogP contribution < -0.4 is 5.73 Å². The second-order valence-corrected chi connectivity index (χ2v) is 6.14. The summed E-state index contributed by atoms with van der Waals surface area (Å²) in [4.78, 5) is 14.4. The van der Waals surface area contributed by atoms with Gasteiger partial charge in [-0.05, 0) is 43.0 Å². The highest BCUT2D eigenvalue weighted by Crippen LogP contribution is 2.30. The second-order valence-electron chi connectivity index (χ2n) is 5.71. The number of carbonyl (C=O) groups excluding carboxylic acids is 1. The zero-order valence-corrected chi connectivity index (χ0v) is 12.8. The van der Waals surface area contributed by atoms with Crippen LogP contribution in [-0.2, 0) is 11.3 Å². The standard InChI is InChI=1S/C16H23ClN2O/c1-19(11-12-6-8-14(17)9-7-12)16(20)15-5-3-2-4-13(15)10-18/h6-9,13,15H,2-5,10-11,18H2,1H3. The van der Waals surface area contributed by atoms with Gasteiger partial charge < -0.3 is 10.6 Å². The van der Waals surface area contributed by atoms with Crippen LogP contribution in [0.2, 0.25) is 5.02 Å². The smallest absolute Gasteiger partial charge is 0.226 e. The highest BCUT2D eigenvalue weighted by atomic mass is 35.5. The van der Waals surface area contributed by atoms with Crippen molar-refractivity contribution in [1.82, 2.24) is 4.90 Å². The predicted molar refractivity (Wildman–Crippen MR) is 82.4 cm³/mol. The van der Waals surface area contributed by atoms with Gasteiger partial charge in [-0.15, -0.1) is 0 Å². The number of hydrogen-bond acceptors (Lipinski definition) is 2. The van der Waals surface area contributed by atoms with E-state index in [2.05, 4.69) is 0 Å². The van der Waals surface area contributed by atoms with Crippen molar-refractivity contribution in [3.05, 3.63) is 34.9 Å². The molecule has 0 heterocycles. The van der Waals surface area contributed by atoms with Crippen LogP contribution in [0.1, 0.15) is 31.2 Å². The SMILES string of the molecule is CN(Cc1ccc(Cl)cc1)C(=O)C1CCCCC1CN. The van der Waals surface area contributed by atoms with Crippen LogP contribution in [0.15, 0.2) is 24.3 Å². The zero-order chi connectivity index (χ0) is 14.5. The van der Waals surface area contributed by atoms with E-state index in [1.165, 1.54) is 6.42 Å². The van der Waals surface area contributed by atoms with E-state index in [1.807, 2.05) is 36.2 Å². The molecular weight excluding hydrogens is 272 g/mol. The molecule has 0 bridgehead atoms. The average molecular weight is 295 g/mol. The molecule has 2 unspecified atom stereocenters. The molecule has 0 spiro atoms. The Balaban J connectivity index is 1.98. The number of nitrogens with zero attached hydrogens (tertiary/aromatic N) is 1. The summed E-state index contributed by atoms with van der Waals surface area (Å²) < 4.78 is 0. The Morgan fingerprint density at radius 1 is 1.30 bits per heavy atom. The third-order valence-corrected chi connectivity index (χ3v) is 4.49. The third kappa shape index (κ3) is 3.74. The summed E-state index contributed by atoms with van der Waals surface area (Å²) >= 11 is 5.88. The maximum Gasteiger partial charge on any atom is 0.226 e. The number of halogens is 1. The molecule has 110 valence electrons. The Labute approximate surface area is 126 Å². The Kier molecular flexibility index (Phi) is 5.44. The fraction of sp³-hybridized carbons (Fsp3) is 0.562. The van der Waals surface area contributed by atoms with E-state index in [4.69, 9.17) is 17.3 Å². The van der Waals surface area contributed by atoms with Crippen molar-refractivity contribution in [2.45, 2.75) is 32.2 Å². The highest BCUT2D eigenvalue weighted by molar-refractivity contribution is 6.30. The minimum Gasteiger partial charge on any atom is -0.341 e. The summed E-state index contributed by atoms with van der Waals surface area (Å²) in [6.07, 6.45) is 4.40. The topological polar surface area (TPSA) is 46.3 Å². The van der Waals surface area contributed by atoms with Gasteiger partial charge in [-0.25, -0.2) is 0 Å². The van der Waals surface area contributed by atoms with Gasteiger partial charge in [0.2, 0.25) is 5.91 Å². The maximum atomic E-state index is 12.6. The number of benzene rings is 1. The normalized spacial score (nSPS) is 22.6. The van der Waals surface area contributed by atoms with Gasteiger partial charge in [0.05, 0.1) is 0 Å². The van der Waals surface area contributed by atoms with Crippen molar-refractivity contribution in [3.8, 4) is 0 Å². The fourth-order valence-electron chi connectivity index (χ4n) is 3.04. The Bertz CT molecular complexity index is 446. The van der Waals surface area contributed by atoms with E-state index in [9.17, 15) is 4.79 Å². The van der Waals surface area contributed by atoms with Gasteiger partial charge in [-0.1, -0.05) is 36.6 Å². The molecule has 2 N–H and O–H groups in total. The highest BCUT2D eigenvalue weighted by Gasteiger charge is 2.31. The van der Waals surface area contributed by atoms with Crippen molar-refractivity contribution >= 4 is 17.5 Å². The van der Waals surface area contributed by atoms with Crippen LogP contribution in [0.4, 0.5) is 0 Å². The summed E-state index contributed by atoms with van der Waals surface area (Å²) in [5.74, 6) is 0.685. The first-order valence-corrected chi connectivity index (χ1v) is 7.69. The van der Waals surface area contributed by atoms with Crippen LogP contribution in [-0.4, -0.2) is 24.4 Å². The molecule has 2 rings (SSSR count). The number of carbonyl (C=O) groups is 1. The summed E-state index contributed by atoms with van der Waals surface area (Å²) in [7, 11) is 1.87. The number of hydrogen-bond donors (Lipinski definition) is 1. The van der Waals surface area contributed by atoms with Crippen LogP contribution in [0, 0.1) is 11.8 Å². The van der Waals surface area contributed by atoms with Gasteiger partial charge in [0, 0.05) is 24.5 Å². The molecule has 1 aromatic rings. The van der Waals surface area contributed by atoms with Gasteiger partial charge in [-0.2, -0.15) is 0 Å². The van der Waals surface area contributed by atoms with E-state index in [-0.39, 0.29) is 11.8 Å². The lowest BCUT2D eigenvalue weighted by Crippen LogP contribution is -2.40. The molecule has 0 aliphatic heterocycles. The average Bonchev–Trinajstić information content (AvgIpc) is 2.48. The van der Waals surface area contributed by atoms with E-state index in [0.29, 0.717) is 19.0 Å². The Morgan fingerprint density at radius 2 is 1.95 bits per heavy atom. The molecule has 0 saturated heterocycles. The zero-order valence-electron chi connectivity index (χ0n) is 12.0. The van der Waals surface area contributed by atoms with Crippen molar-refractivity contribution in [2.24, 2.45) is 17.6 Å². The molecule has 2 atom stereocenters. The molecule has 20 heavy (non-hydrogen) atoms. The quantitative estimate of drug-likeness (QED) is 0.928. The molecule has 3 nitrogen and oxygen atoms in total. The minimum atomic E-state index is 0.103. The van der Waals surface area contributed by atoms with E-state index < -0.39 is 0 Å². The molecule has 1 aromatic carbocycles. The lowest BCUT2D eigenvalue weighted by atomic mass is 9.78. The molecule has 1 saturated carbocycles. The van der Waals surface area contributed by atoms with Gasteiger partial charge in [0.1, 0.15) is 0 Å². The number of rotatable bonds is 4. The van der Waals surface area contributed by atoms with Crippen molar-refractivity contribution in [1.29, 1.82) is 0 Å².